The van der Waals surface area contributed by atoms with Crippen molar-refractivity contribution in [2.45, 2.75) is 24.1 Å². The van der Waals surface area contributed by atoms with Crippen LogP contribution < -0.4 is 0 Å². The normalized spacial score (nSPS) is 25.7. The van der Waals surface area contributed by atoms with Crippen molar-refractivity contribution in [2.24, 2.45) is 0 Å². The molecule has 1 nitrogen and oxygen atoms in total. The minimum atomic E-state index is 0.137. The Bertz CT molecular complexity index is 328. The first-order chi connectivity index (χ1) is 6.18. The van der Waals surface area contributed by atoms with E-state index in [0.29, 0.717) is 10.7 Å². The van der Waals surface area contributed by atoms with E-state index in [1.54, 1.807) is 6.92 Å². The lowest BCUT2D eigenvalue weighted by molar-refractivity contribution is 0.101. The van der Waals surface area contributed by atoms with Crippen LogP contribution in [0.4, 0.5) is 0 Å². The zero-order valence-electron chi connectivity index (χ0n) is 7.46. The molecule has 0 aromatic heterocycles. The van der Waals surface area contributed by atoms with Crippen molar-refractivity contribution in [3.63, 3.8) is 0 Å². The third-order valence-electron chi connectivity index (χ3n) is 2.46. The van der Waals surface area contributed by atoms with Crippen molar-refractivity contribution < 1.29 is 4.79 Å². The molecule has 1 fully saturated rings. The summed E-state index contributed by atoms with van der Waals surface area (Å²) < 4.78 is 0. The number of alkyl halides is 1. The van der Waals surface area contributed by atoms with Crippen LogP contribution in [0.5, 0.6) is 0 Å². The standard InChI is InChI=1S/C11H11BrO/c1-7(13)8-2-4-9(5-3-8)10-6-11(10)12/h2-5,10-11H,6H2,1H3. The zero-order valence-corrected chi connectivity index (χ0v) is 9.04. The van der Waals surface area contributed by atoms with Gasteiger partial charge in [-0.2, -0.15) is 0 Å². The fourth-order valence-corrected chi connectivity index (χ4v) is 2.18. The smallest absolute Gasteiger partial charge is 0.159 e. The van der Waals surface area contributed by atoms with Gasteiger partial charge in [-0.05, 0) is 24.8 Å². The first kappa shape index (κ1) is 8.95. The largest absolute Gasteiger partial charge is 0.295 e. The molecule has 0 N–H and O–H groups in total. The van der Waals surface area contributed by atoms with Crippen molar-refractivity contribution >= 4 is 21.7 Å². The SMILES string of the molecule is CC(=O)c1ccc(C2CC2Br)cc1. The maximum Gasteiger partial charge on any atom is 0.159 e. The van der Waals surface area contributed by atoms with Crippen LogP contribution in [-0.2, 0) is 0 Å². The summed E-state index contributed by atoms with van der Waals surface area (Å²) in [6.07, 6.45) is 1.22. The number of benzene rings is 1. The highest BCUT2D eigenvalue weighted by Gasteiger charge is 2.35. The van der Waals surface area contributed by atoms with Crippen LogP contribution in [0.1, 0.15) is 35.2 Å². The van der Waals surface area contributed by atoms with E-state index in [2.05, 4.69) is 28.1 Å². The molecule has 2 atom stereocenters. The van der Waals surface area contributed by atoms with Gasteiger partial charge in [0.25, 0.3) is 0 Å². The van der Waals surface area contributed by atoms with Gasteiger partial charge in [0.15, 0.2) is 5.78 Å². The van der Waals surface area contributed by atoms with Gasteiger partial charge in [0.05, 0.1) is 0 Å². The summed E-state index contributed by atoms with van der Waals surface area (Å²) in [7, 11) is 0. The van der Waals surface area contributed by atoms with E-state index in [4.69, 9.17) is 0 Å². The van der Waals surface area contributed by atoms with E-state index in [-0.39, 0.29) is 5.78 Å². The number of carbonyl (C=O) groups excluding carboxylic acids is 1. The topological polar surface area (TPSA) is 17.1 Å². The molecule has 0 amide bonds. The van der Waals surface area contributed by atoms with Gasteiger partial charge in [0, 0.05) is 10.4 Å². The summed E-state index contributed by atoms with van der Waals surface area (Å²) >= 11 is 3.57. The number of Topliss-reactive ketones (excluding diaryl/α,β-unsaturated/α-hetero) is 1. The van der Waals surface area contributed by atoms with Crippen LogP contribution >= 0.6 is 15.9 Å². The molecule has 2 heteroatoms. The number of ketones is 1. The molecule has 0 aliphatic heterocycles. The van der Waals surface area contributed by atoms with Crippen LogP contribution in [-0.4, -0.2) is 10.6 Å². The number of rotatable bonds is 2. The van der Waals surface area contributed by atoms with Gasteiger partial charge in [0.1, 0.15) is 0 Å². The summed E-state index contributed by atoms with van der Waals surface area (Å²) in [4.78, 5) is 11.6. The van der Waals surface area contributed by atoms with Crippen LogP contribution in [0.2, 0.25) is 0 Å². The monoisotopic (exact) mass is 238 g/mol. The predicted octanol–water partition coefficient (Wildman–Crippen LogP) is 3.14. The lowest BCUT2D eigenvalue weighted by Crippen LogP contribution is -1.91. The van der Waals surface area contributed by atoms with Crippen molar-refractivity contribution in [3.05, 3.63) is 35.4 Å². The van der Waals surface area contributed by atoms with Crippen molar-refractivity contribution in [1.29, 1.82) is 0 Å². The van der Waals surface area contributed by atoms with Crippen LogP contribution in [0.25, 0.3) is 0 Å². The fourth-order valence-electron chi connectivity index (χ4n) is 1.47. The molecule has 0 heterocycles. The van der Waals surface area contributed by atoms with E-state index in [1.807, 2.05) is 12.1 Å². The van der Waals surface area contributed by atoms with E-state index in [1.165, 1.54) is 12.0 Å². The third-order valence-corrected chi connectivity index (χ3v) is 3.47. The Morgan fingerprint density at radius 1 is 1.38 bits per heavy atom. The molecule has 1 aliphatic rings. The van der Waals surface area contributed by atoms with E-state index >= 15 is 0 Å². The molecule has 0 radical (unpaired) electrons. The fraction of sp³-hybridized carbons (Fsp3) is 0.364. The summed E-state index contributed by atoms with van der Waals surface area (Å²) in [5, 5.41) is 0. The molecule has 1 aromatic rings. The summed E-state index contributed by atoms with van der Waals surface area (Å²) in [6, 6.07) is 7.94. The van der Waals surface area contributed by atoms with Crippen molar-refractivity contribution in [2.75, 3.05) is 0 Å². The predicted molar refractivity (Wildman–Crippen MR) is 56.5 cm³/mol. The molecule has 68 valence electrons. The first-order valence-electron chi connectivity index (χ1n) is 4.43. The molecular formula is C11H11BrO. The highest BCUT2D eigenvalue weighted by Crippen LogP contribution is 2.46. The summed E-state index contributed by atoms with van der Waals surface area (Å²) in [5.41, 5.74) is 2.14. The lowest BCUT2D eigenvalue weighted by atomic mass is 10.1. The maximum absolute atomic E-state index is 11.0. The second-order valence-corrected chi connectivity index (χ2v) is 4.71. The highest BCUT2D eigenvalue weighted by molar-refractivity contribution is 9.09. The Morgan fingerprint density at radius 3 is 2.31 bits per heavy atom. The average molecular weight is 239 g/mol. The number of hydrogen-bond acceptors (Lipinski definition) is 1. The molecular weight excluding hydrogens is 228 g/mol. The molecule has 0 saturated heterocycles. The maximum atomic E-state index is 11.0. The van der Waals surface area contributed by atoms with E-state index < -0.39 is 0 Å². The third kappa shape index (κ3) is 1.83. The molecule has 13 heavy (non-hydrogen) atoms. The van der Waals surface area contributed by atoms with Gasteiger partial charge in [0.2, 0.25) is 0 Å². The van der Waals surface area contributed by atoms with Gasteiger partial charge in [-0.25, -0.2) is 0 Å². The zero-order chi connectivity index (χ0) is 9.42. The summed E-state index contributed by atoms with van der Waals surface area (Å²) in [6.45, 7) is 1.60. The first-order valence-corrected chi connectivity index (χ1v) is 5.35. The van der Waals surface area contributed by atoms with E-state index in [9.17, 15) is 4.79 Å². The van der Waals surface area contributed by atoms with Gasteiger partial charge >= 0.3 is 0 Å². The molecule has 0 spiro atoms. The number of halogens is 1. The van der Waals surface area contributed by atoms with E-state index in [0.717, 1.165) is 5.56 Å². The quantitative estimate of drug-likeness (QED) is 0.572. The van der Waals surface area contributed by atoms with Crippen LogP contribution in [0, 0.1) is 0 Å². The second-order valence-electron chi connectivity index (χ2n) is 3.54. The van der Waals surface area contributed by atoms with Crippen molar-refractivity contribution in [1.82, 2.24) is 0 Å². The number of carbonyl (C=O) groups is 1. The average Bonchev–Trinajstić information content (AvgIpc) is 2.83. The summed E-state index contributed by atoms with van der Waals surface area (Å²) in [5.74, 6) is 0.804. The molecule has 1 aliphatic carbocycles. The molecule has 2 rings (SSSR count). The van der Waals surface area contributed by atoms with Gasteiger partial charge in [-0.15, -0.1) is 0 Å². The molecule has 0 bridgehead atoms. The van der Waals surface area contributed by atoms with Gasteiger partial charge in [-0.1, -0.05) is 40.2 Å². The van der Waals surface area contributed by atoms with Gasteiger partial charge < -0.3 is 0 Å². The molecule has 2 unspecified atom stereocenters. The Hall–Kier alpha value is -0.630. The Morgan fingerprint density at radius 2 is 1.92 bits per heavy atom. The van der Waals surface area contributed by atoms with Gasteiger partial charge in [-0.3, -0.25) is 4.79 Å². The van der Waals surface area contributed by atoms with Crippen molar-refractivity contribution in [3.8, 4) is 0 Å². The van der Waals surface area contributed by atoms with Crippen LogP contribution in [0.3, 0.4) is 0 Å². The highest BCUT2D eigenvalue weighted by atomic mass is 79.9. The second kappa shape index (κ2) is 3.26. The lowest BCUT2D eigenvalue weighted by Gasteiger charge is -1.99. The Kier molecular flexibility index (Phi) is 2.24. The Labute approximate surface area is 86.3 Å². The Balaban J connectivity index is 2.19. The molecule has 1 aromatic carbocycles. The minimum Gasteiger partial charge on any atom is -0.295 e. The molecule has 1 saturated carbocycles. The minimum absolute atomic E-state index is 0.137. The van der Waals surface area contributed by atoms with Crippen LogP contribution in [0.15, 0.2) is 24.3 Å². The number of hydrogen-bond donors (Lipinski definition) is 0.